The molecule has 6 N–H and O–H groups in total. The van der Waals surface area contributed by atoms with E-state index in [9.17, 15) is 28.5 Å². The van der Waals surface area contributed by atoms with Crippen LogP contribution in [-0.2, 0) is 66.4 Å². The van der Waals surface area contributed by atoms with Crippen molar-refractivity contribution in [3.05, 3.63) is 0 Å². The van der Waals surface area contributed by atoms with Gasteiger partial charge in [0.1, 0.15) is 12.1 Å². The number of amides is 5. The van der Waals surface area contributed by atoms with Crippen LogP contribution in [0.15, 0.2) is 0 Å². The first-order valence-electron chi connectivity index (χ1n) is 21.1. The van der Waals surface area contributed by atoms with Crippen molar-refractivity contribution < 1.29 is 76.2 Å². The van der Waals surface area contributed by atoms with Crippen LogP contribution in [0.3, 0.4) is 0 Å². The zero-order valence-corrected chi connectivity index (χ0v) is 38.2. The lowest BCUT2D eigenvalue weighted by atomic mass is 10.0. The van der Waals surface area contributed by atoms with Crippen LogP contribution in [0.5, 0.6) is 0 Å². The molecule has 0 saturated carbocycles. The average Bonchev–Trinajstić information content (AvgIpc) is 3.19. The fraction of sp³-hybridized carbons (Fsp3) is 0.872. The van der Waals surface area contributed by atoms with Gasteiger partial charge in [0, 0.05) is 20.2 Å². The van der Waals surface area contributed by atoms with E-state index in [1.165, 1.54) is 11.8 Å². The highest BCUT2D eigenvalue weighted by molar-refractivity contribution is 7.51. The molecule has 0 spiro atoms. The molecule has 358 valence electrons. The van der Waals surface area contributed by atoms with Gasteiger partial charge in [-0.2, -0.15) is 0 Å². The highest BCUT2D eigenvalue weighted by Gasteiger charge is 2.26. The molecule has 61 heavy (non-hydrogen) atoms. The van der Waals surface area contributed by atoms with Crippen molar-refractivity contribution in [3.63, 3.8) is 0 Å². The lowest BCUT2D eigenvalue weighted by Crippen LogP contribution is -2.53. The summed E-state index contributed by atoms with van der Waals surface area (Å²) < 4.78 is 54.2. The van der Waals surface area contributed by atoms with Gasteiger partial charge in [0.05, 0.1) is 125 Å². The molecule has 0 aromatic heterocycles. The fourth-order valence-electron chi connectivity index (χ4n) is 5.19. The van der Waals surface area contributed by atoms with Gasteiger partial charge in [-0.25, -0.2) is 0 Å². The Labute approximate surface area is 361 Å². The first kappa shape index (κ1) is 58.2. The molecule has 0 saturated heterocycles. The molecule has 0 aliphatic carbocycles. The van der Waals surface area contributed by atoms with E-state index in [1.807, 2.05) is 20.8 Å². The summed E-state index contributed by atoms with van der Waals surface area (Å²) in [5, 5.41) is 10.2. The van der Waals surface area contributed by atoms with Gasteiger partial charge >= 0.3 is 7.60 Å². The maximum Gasteiger partial charge on any atom is 0.325 e. The lowest BCUT2D eigenvalue weighted by Gasteiger charge is -2.25. The van der Waals surface area contributed by atoms with Crippen molar-refractivity contribution in [2.45, 2.75) is 72.4 Å². The van der Waals surface area contributed by atoms with E-state index in [0.29, 0.717) is 98.9 Å². The van der Waals surface area contributed by atoms with Crippen molar-refractivity contribution in [3.8, 4) is 0 Å². The van der Waals surface area contributed by atoms with Crippen molar-refractivity contribution in [2.75, 3.05) is 139 Å². The largest absolute Gasteiger partial charge is 0.382 e. The molecular formula is C39H76N5O16P. The molecule has 21 nitrogen and oxygen atoms in total. The van der Waals surface area contributed by atoms with Crippen LogP contribution in [-0.4, -0.2) is 195 Å². The molecule has 0 radical (unpaired) electrons. The van der Waals surface area contributed by atoms with Gasteiger partial charge in [0.25, 0.3) is 0 Å². The van der Waals surface area contributed by atoms with Gasteiger partial charge in [-0.05, 0) is 31.6 Å². The molecule has 0 bridgehead atoms. The number of rotatable bonds is 41. The fourth-order valence-corrected chi connectivity index (χ4v) is 6.13. The number of unbranched alkanes of at least 4 members (excludes halogenated alkanes) is 1. The Kier molecular flexibility index (Phi) is 36.0. The van der Waals surface area contributed by atoms with Crippen molar-refractivity contribution in [1.82, 2.24) is 26.2 Å². The van der Waals surface area contributed by atoms with Crippen LogP contribution >= 0.6 is 7.60 Å². The topological polar surface area (TPSA) is 268 Å². The van der Waals surface area contributed by atoms with E-state index in [4.69, 9.17) is 47.7 Å². The number of hydrogen-bond donors (Lipinski definition) is 6. The second-order valence-electron chi connectivity index (χ2n) is 14.7. The highest BCUT2D eigenvalue weighted by atomic mass is 31.2. The Hall–Kier alpha value is -2.82. The first-order chi connectivity index (χ1) is 29.1. The van der Waals surface area contributed by atoms with E-state index >= 15 is 0 Å². The normalized spacial score (nSPS) is 13.1. The summed E-state index contributed by atoms with van der Waals surface area (Å²) in [6.07, 6.45) is 1.40. The molecule has 0 aliphatic heterocycles. The summed E-state index contributed by atoms with van der Waals surface area (Å²) in [5.74, 6) is -3.10. The third-order valence-corrected chi connectivity index (χ3v) is 9.42. The van der Waals surface area contributed by atoms with E-state index in [-0.39, 0.29) is 51.0 Å². The van der Waals surface area contributed by atoms with Crippen LogP contribution in [0.2, 0.25) is 0 Å². The number of carbonyl (C=O) groups is 5. The number of nitrogens with one attached hydrogen (secondary N) is 4. The van der Waals surface area contributed by atoms with Crippen molar-refractivity contribution >= 4 is 37.1 Å². The Morgan fingerprint density at radius 2 is 1.11 bits per heavy atom. The first-order valence-corrected chi connectivity index (χ1v) is 22.9. The Morgan fingerprint density at radius 1 is 0.639 bits per heavy atom. The minimum atomic E-state index is -4.23. The maximum absolute atomic E-state index is 13.1. The molecule has 0 aliphatic rings. The molecule has 0 fully saturated rings. The lowest BCUT2D eigenvalue weighted by molar-refractivity contribution is -0.138. The predicted octanol–water partition coefficient (Wildman–Crippen LogP) is -0.150. The van der Waals surface area contributed by atoms with Crippen LogP contribution in [0.25, 0.3) is 0 Å². The second-order valence-corrected chi connectivity index (χ2v) is 16.3. The van der Waals surface area contributed by atoms with Crippen molar-refractivity contribution in [2.24, 2.45) is 11.8 Å². The monoisotopic (exact) mass is 902 g/mol. The molecule has 3 atom stereocenters. The minimum Gasteiger partial charge on any atom is -0.382 e. The van der Waals surface area contributed by atoms with Crippen LogP contribution in [0.4, 0.5) is 0 Å². The smallest absolute Gasteiger partial charge is 0.325 e. The highest BCUT2D eigenvalue weighted by Crippen LogP contribution is 2.36. The van der Waals surface area contributed by atoms with E-state index in [0.717, 1.165) is 6.42 Å². The van der Waals surface area contributed by atoms with E-state index in [1.54, 1.807) is 14.0 Å². The number of carbonyl (C=O) groups excluding carboxylic acids is 5. The van der Waals surface area contributed by atoms with Crippen LogP contribution < -0.4 is 21.3 Å². The number of ether oxygens (including phenoxy) is 8. The zero-order valence-electron chi connectivity index (χ0n) is 37.3. The van der Waals surface area contributed by atoms with Gasteiger partial charge in [0.2, 0.25) is 29.5 Å². The van der Waals surface area contributed by atoms with Gasteiger partial charge in [0.15, 0.2) is 0 Å². The SMILES string of the molecule is CCCCN(CC(=O)N[C@@H](CC(C)C)C(=O)NCC(=O)N[C@@H](C)C(=O)NC[C@@H](C)CP(=O)(O)O)C(=O)CCOCCOCCOCCOCCOCCOCCOCCOC. The molecule has 0 aromatic rings. The summed E-state index contributed by atoms with van der Waals surface area (Å²) >= 11 is 0. The Bertz CT molecular complexity index is 1230. The molecule has 0 unspecified atom stereocenters. The Balaban J connectivity index is 4.35. The standard InChI is InChI=1S/C39H76N5O16P/c1-7-8-10-44(37(47)9-11-54-14-15-56-18-19-58-22-23-60-25-24-59-21-20-57-17-16-55-13-12-53-6)29-36(46)43-34(26-31(2)3)39(49)41-28-35(45)42-33(5)38(48)40-27-32(4)30-61(50,51)52/h31-34H,7-30H2,1-6H3,(H,40,48)(H,41,49)(H,42,45)(H,43,46)(H2,50,51,52)/t32-,33+,34+/m1/s1. The second kappa shape index (κ2) is 37.7. The maximum atomic E-state index is 13.1. The molecule has 0 heterocycles. The van der Waals surface area contributed by atoms with Gasteiger partial charge < -0.3 is 73.8 Å². The summed E-state index contributed by atoms with van der Waals surface area (Å²) in [6.45, 7) is 14.7. The summed E-state index contributed by atoms with van der Waals surface area (Å²) in [5.41, 5.74) is 0. The summed E-state index contributed by atoms with van der Waals surface area (Å²) in [6, 6.07) is -1.96. The molecular weight excluding hydrogens is 825 g/mol. The third-order valence-electron chi connectivity index (χ3n) is 8.32. The van der Waals surface area contributed by atoms with Gasteiger partial charge in [-0.1, -0.05) is 34.1 Å². The van der Waals surface area contributed by atoms with Gasteiger partial charge in [-0.3, -0.25) is 28.5 Å². The summed E-state index contributed by atoms with van der Waals surface area (Å²) in [4.78, 5) is 83.7. The molecule has 5 amide bonds. The van der Waals surface area contributed by atoms with E-state index < -0.39 is 61.9 Å². The van der Waals surface area contributed by atoms with Crippen molar-refractivity contribution in [1.29, 1.82) is 0 Å². The Morgan fingerprint density at radius 3 is 1.56 bits per heavy atom. The summed E-state index contributed by atoms with van der Waals surface area (Å²) in [7, 11) is -2.61. The van der Waals surface area contributed by atoms with E-state index in [2.05, 4.69) is 21.3 Å². The average molecular weight is 902 g/mol. The third kappa shape index (κ3) is 36.4. The van der Waals surface area contributed by atoms with Crippen LogP contribution in [0.1, 0.15) is 60.3 Å². The molecule has 0 rings (SSSR count). The molecule has 0 aromatic carbocycles. The zero-order chi connectivity index (χ0) is 45.7. The van der Waals surface area contributed by atoms with Crippen LogP contribution in [0, 0.1) is 11.8 Å². The quantitative estimate of drug-likeness (QED) is 0.0344. The number of hydrogen-bond acceptors (Lipinski definition) is 14. The van der Waals surface area contributed by atoms with Gasteiger partial charge in [-0.15, -0.1) is 0 Å². The minimum absolute atomic E-state index is 0.00257. The number of methoxy groups -OCH3 is 1. The predicted molar refractivity (Wildman–Crippen MR) is 225 cm³/mol. The number of nitrogens with zero attached hydrogens (tertiary/aromatic N) is 1. The molecule has 22 heteroatoms.